The fourth-order valence-corrected chi connectivity index (χ4v) is 3.18. The van der Waals surface area contributed by atoms with Crippen LogP contribution >= 0.6 is 0 Å². The van der Waals surface area contributed by atoms with E-state index in [1.165, 1.54) is 0 Å². The third-order valence-corrected chi connectivity index (χ3v) is 3.28. The first-order valence-electron chi connectivity index (χ1n) is 5.03. The maximum atomic E-state index is 6.16. The number of hydrogen-bond acceptors (Lipinski definition) is 1. The standard InChI is InChI=1S/C11H22OSi/c1-7-10-11(8-2,9-3)12-13(4,5)6/h1H,8-10H2,2-6H3. The smallest absolute Gasteiger partial charge is 0.184 e. The first-order valence-corrected chi connectivity index (χ1v) is 8.43. The van der Waals surface area contributed by atoms with Crippen LogP contribution in [-0.2, 0) is 4.43 Å². The van der Waals surface area contributed by atoms with Crippen molar-refractivity contribution in [3.05, 3.63) is 0 Å². The van der Waals surface area contributed by atoms with Crippen molar-refractivity contribution in [2.24, 2.45) is 0 Å². The molecule has 13 heavy (non-hydrogen) atoms. The molecule has 0 heterocycles. The topological polar surface area (TPSA) is 9.23 Å². The molecule has 0 spiro atoms. The number of rotatable bonds is 5. The molecule has 0 fully saturated rings. The van der Waals surface area contributed by atoms with Crippen LogP contribution in [0.15, 0.2) is 0 Å². The quantitative estimate of drug-likeness (QED) is 0.486. The Labute approximate surface area is 84.0 Å². The summed E-state index contributed by atoms with van der Waals surface area (Å²) >= 11 is 0. The fourth-order valence-electron chi connectivity index (χ4n) is 1.52. The van der Waals surface area contributed by atoms with Crippen LogP contribution in [0, 0.1) is 12.3 Å². The second-order valence-electron chi connectivity index (χ2n) is 4.49. The molecular formula is C11H22OSi. The van der Waals surface area contributed by atoms with E-state index in [-0.39, 0.29) is 5.60 Å². The third kappa shape index (κ3) is 4.49. The first kappa shape index (κ1) is 12.7. The van der Waals surface area contributed by atoms with E-state index in [2.05, 4.69) is 39.4 Å². The van der Waals surface area contributed by atoms with Crippen molar-refractivity contribution in [1.29, 1.82) is 0 Å². The van der Waals surface area contributed by atoms with E-state index in [0.29, 0.717) is 0 Å². The van der Waals surface area contributed by atoms with Gasteiger partial charge in [0.15, 0.2) is 8.32 Å². The van der Waals surface area contributed by atoms with Gasteiger partial charge in [-0.2, -0.15) is 0 Å². The monoisotopic (exact) mass is 198 g/mol. The summed E-state index contributed by atoms with van der Waals surface area (Å²) in [6.07, 6.45) is 8.13. The molecule has 2 heteroatoms. The molecule has 0 unspecified atom stereocenters. The molecule has 0 amide bonds. The molecule has 0 radical (unpaired) electrons. The van der Waals surface area contributed by atoms with Crippen molar-refractivity contribution >= 4 is 8.32 Å². The van der Waals surface area contributed by atoms with Gasteiger partial charge in [0, 0.05) is 6.42 Å². The molecule has 0 aliphatic heterocycles. The van der Waals surface area contributed by atoms with Gasteiger partial charge in [-0.25, -0.2) is 0 Å². The van der Waals surface area contributed by atoms with Crippen molar-refractivity contribution in [2.75, 3.05) is 0 Å². The number of hydrogen-bond donors (Lipinski definition) is 0. The molecule has 0 saturated heterocycles. The Hall–Kier alpha value is -0.263. The SMILES string of the molecule is C#CCC(CC)(CC)O[Si](C)(C)C. The zero-order chi connectivity index (χ0) is 10.5. The lowest BCUT2D eigenvalue weighted by atomic mass is 9.94. The number of terminal acetylenes is 1. The normalized spacial score (nSPS) is 12.6. The molecule has 0 aromatic rings. The maximum absolute atomic E-state index is 6.16. The van der Waals surface area contributed by atoms with E-state index in [9.17, 15) is 0 Å². The molecule has 1 nitrogen and oxygen atoms in total. The van der Waals surface area contributed by atoms with Crippen LogP contribution in [-0.4, -0.2) is 13.9 Å². The maximum Gasteiger partial charge on any atom is 0.184 e. The molecule has 0 aromatic heterocycles. The van der Waals surface area contributed by atoms with Crippen molar-refractivity contribution in [2.45, 2.75) is 58.4 Å². The highest BCUT2D eigenvalue weighted by atomic mass is 28.4. The van der Waals surface area contributed by atoms with E-state index in [1.54, 1.807) is 0 Å². The van der Waals surface area contributed by atoms with Crippen LogP contribution in [0.25, 0.3) is 0 Å². The van der Waals surface area contributed by atoms with Crippen LogP contribution in [0.1, 0.15) is 33.1 Å². The largest absolute Gasteiger partial charge is 0.411 e. The summed E-state index contributed by atoms with van der Waals surface area (Å²) in [5.41, 5.74) is -0.0563. The average Bonchev–Trinajstić information content (AvgIpc) is 2.01. The summed E-state index contributed by atoms with van der Waals surface area (Å²) in [5.74, 6) is 2.73. The van der Waals surface area contributed by atoms with Gasteiger partial charge in [-0.15, -0.1) is 12.3 Å². The van der Waals surface area contributed by atoms with Crippen molar-refractivity contribution in [3.8, 4) is 12.3 Å². The lowest BCUT2D eigenvalue weighted by Crippen LogP contribution is -2.41. The molecule has 0 aliphatic rings. The zero-order valence-corrected chi connectivity index (χ0v) is 10.6. The first-order chi connectivity index (χ1) is 5.89. The lowest BCUT2D eigenvalue weighted by molar-refractivity contribution is 0.0574. The molecule has 0 rings (SSSR count). The van der Waals surface area contributed by atoms with Gasteiger partial charge in [0.05, 0.1) is 5.60 Å². The molecule has 0 aromatic carbocycles. The van der Waals surface area contributed by atoms with Crippen molar-refractivity contribution < 1.29 is 4.43 Å². The second-order valence-corrected chi connectivity index (χ2v) is 8.91. The van der Waals surface area contributed by atoms with E-state index >= 15 is 0 Å². The van der Waals surface area contributed by atoms with Gasteiger partial charge in [-0.05, 0) is 32.5 Å². The van der Waals surface area contributed by atoms with Crippen LogP contribution in [0.3, 0.4) is 0 Å². The van der Waals surface area contributed by atoms with Crippen LogP contribution in [0.5, 0.6) is 0 Å². The zero-order valence-electron chi connectivity index (χ0n) is 9.61. The minimum atomic E-state index is -1.47. The highest BCUT2D eigenvalue weighted by molar-refractivity contribution is 6.69. The molecule has 76 valence electrons. The Morgan fingerprint density at radius 2 is 1.69 bits per heavy atom. The van der Waals surface area contributed by atoms with Gasteiger partial charge in [-0.3, -0.25) is 0 Å². The Morgan fingerprint density at radius 1 is 1.23 bits per heavy atom. The van der Waals surface area contributed by atoms with Gasteiger partial charge >= 0.3 is 0 Å². The van der Waals surface area contributed by atoms with E-state index < -0.39 is 8.32 Å². The molecule has 0 saturated carbocycles. The average molecular weight is 198 g/mol. The van der Waals surface area contributed by atoms with Gasteiger partial charge in [-0.1, -0.05) is 13.8 Å². The summed E-state index contributed by atoms with van der Waals surface area (Å²) in [4.78, 5) is 0. The Kier molecular flexibility index (Phi) is 4.73. The third-order valence-electron chi connectivity index (χ3n) is 2.24. The predicted octanol–water partition coefficient (Wildman–Crippen LogP) is 3.42. The van der Waals surface area contributed by atoms with E-state index in [0.717, 1.165) is 19.3 Å². The highest BCUT2D eigenvalue weighted by Gasteiger charge is 2.31. The van der Waals surface area contributed by atoms with Gasteiger partial charge in [0.2, 0.25) is 0 Å². The molecular weight excluding hydrogens is 176 g/mol. The van der Waals surface area contributed by atoms with Gasteiger partial charge in [0.25, 0.3) is 0 Å². The summed E-state index contributed by atoms with van der Waals surface area (Å²) in [6, 6.07) is 0. The summed E-state index contributed by atoms with van der Waals surface area (Å²) in [5, 5.41) is 0. The van der Waals surface area contributed by atoms with E-state index in [1.807, 2.05) is 0 Å². The molecule has 0 atom stereocenters. The molecule has 0 bridgehead atoms. The Bertz CT molecular complexity index is 181. The van der Waals surface area contributed by atoms with Crippen molar-refractivity contribution in [3.63, 3.8) is 0 Å². The summed E-state index contributed by atoms with van der Waals surface area (Å²) < 4.78 is 6.16. The Morgan fingerprint density at radius 3 is 1.92 bits per heavy atom. The Balaban J connectivity index is 4.50. The highest BCUT2D eigenvalue weighted by Crippen LogP contribution is 2.28. The fraction of sp³-hybridized carbons (Fsp3) is 0.818. The molecule has 0 N–H and O–H groups in total. The summed E-state index contributed by atoms with van der Waals surface area (Å²) in [7, 11) is -1.47. The van der Waals surface area contributed by atoms with Crippen LogP contribution in [0.4, 0.5) is 0 Å². The molecule has 0 aliphatic carbocycles. The van der Waals surface area contributed by atoms with Crippen LogP contribution < -0.4 is 0 Å². The predicted molar refractivity (Wildman–Crippen MR) is 61.2 cm³/mol. The van der Waals surface area contributed by atoms with Crippen molar-refractivity contribution in [1.82, 2.24) is 0 Å². The minimum Gasteiger partial charge on any atom is -0.411 e. The minimum absolute atomic E-state index is 0.0563. The van der Waals surface area contributed by atoms with Crippen LogP contribution in [0.2, 0.25) is 19.6 Å². The summed E-state index contributed by atoms with van der Waals surface area (Å²) in [6.45, 7) is 10.9. The van der Waals surface area contributed by atoms with Gasteiger partial charge < -0.3 is 4.43 Å². The lowest BCUT2D eigenvalue weighted by Gasteiger charge is -2.36. The van der Waals surface area contributed by atoms with E-state index in [4.69, 9.17) is 10.8 Å². The van der Waals surface area contributed by atoms with Gasteiger partial charge in [0.1, 0.15) is 0 Å². The second kappa shape index (κ2) is 4.83.